The number of aliphatic carboxylic acids is 1. The quantitative estimate of drug-likeness (QED) is 0.536. The molecule has 31 heavy (non-hydrogen) atoms. The zero-order valence-corrected chi connectivity index (χ0v) is 17.2. The average molecular weight is 424 g/mol. The zero-order valence-electron chi connectivity index (χ0n) is 17.2. The Morgan fingerprint density at radius 1 is 1.19 bits per heavy atom. The van der Waals surface area contributed by atoms with Gasteiger partial charge >= 0.3 is 5.97 Å². The van der Waals surface area contributed by atoms with E-state index >= 15 is 0 Å². The number of fused-ring (bicyclic) bond motifs is 1. The van der Waals surface area contributed by atoms with Gasteiger partial charge in [0.05, 0.1) is 6.42 Å². The summed E-state index contributed by atoms with van der Waals surface area (Å²) in [6, 6.07) is 10.2. The normalized spacial score (nSPS) is 14.0. The lowest BCUT2D eigenvalue weighted by molar-refractivity contribution is -0.137. The molecule has 0 spiro atoms. The van der Waals surface area contributed by atoms with Crippen LogP contribution in [0.4, 0.5) is 10.2 Å². The van der Waals surface area contributed by atoms with E-state index in [0.29, 0.717) is 23.8 Å². The highest BCUT2D eigenvalue weighted by atomic mass is 19.1. The monoisotopic (exact) mass is 424 g/mol. The molecule has 162 valence electrons. The van der Waals surface area contributed by atoms with Gasteiger partial charge in [0.15, 0.2) is 0 Å². The third kappa shape index (κ3) is 5.65. The van der Waals surface area contributed by atoms with Crippen LogP contribution in [-0.2, 0) is 30.5 Å². The Labute approximate surface area is 179 Å². The summed E-state index contributed by atoms with van der Waals surface area (Å²) >= 11 is 0. The minimum absolute atomic E-state index is 0.140. The summed E-state index contributed by atoms with van der Waals surface area (Å²) in [6.45, 7) is 0.965. The van der Waals surface area contributed by atoms with Gasteiger partial charge in [-0.1, -0.05) is 18.2 Å². The maximum absolute atomic E-state index is 13.6. The van der Waals surface area contributed by atoms with Gasteiger partial charge in [-0.25, -0.2) is 9.37 Å². The van der Waals surface area contributed by atoms with Gasteiger partial charge in [-0.3, -0.25) is 4.79 Å². The average Bonchev–Trinajstić information content (AvgIpc) is 3.20. The van der Waals surface area contributed by atoms with Crippen molar-refractivity contribution >= 4 is 11.8 Å². The first-order valence-corrected chi connectivity index (χ1v) is 10.6. The van der Waals surface area contributed by atoms with Crippen LogP contribution in [0.25, 0.3) is 0 Å². The number of benzene rings is 1. The van der Waals surface area contributed by atoms with Crippen molar-refractivity contribution in [1.82, 2.24) is 15.2 Å². The number of pyridine rings is 1. The highest BCUT2D eigenvalue weighted by Gasteiger charge is 2.20. The van der Waals surface area contributed by atoms with E-state index in [4.69, 9.17) is 9.40 Å². The van der Waals surface area contributed by atoms with Crippen molar-refractivity contribution in [2.24, 2.45) is 0 Å². The molecule has 1 aliphatic heterocycles. The fourth-order valence-electron chi connectivity index (χ4n) is 3.89. The Bertz CT molecular complexity index is 1050. The fraction of sp³-hybridized carbons (Fsp3) is 0.391. The topological polar surface area (TPSA) is 101 Å². The smallest absolute Gasteiger partial charge is 0.303 e. The predicted molar refractivity (Wildman–Crippen MR) is 112 cm³/mol. The van der Waals surface area contributed by atoms with E-state index in [0.717, 1.165) is 43.7 Å². The molecule has 7 nitrogen and oxygen atoms in total. The van der Waals surface area contributed by atoms with E-state index in [1.165, 1.54) is 17.7 Å². The van der Waals surface area contributed by atoms with Crippen molar-refractivity contribution in [2.75, 3.05) is 11.9 Å². The second-order valence-corrected chi connectivity index (χ2v) is 7.84. The Hall–Kier alpha value is -3.29. The SMILES string of the molecule is O=C(O)CC(Cc1nnc(CCCc2ccc3c(n2)NCCC3)o1)c1cccc(F)c1. The van der Waals surface area contributed by atoms with E-state index in [2.05, 4.69) is 27.6 Å². The summed E-state index contributed by atoms with van der Waals surface area (Å²) in [5.74, 6) is 0.0755. The molecule has 2 N–H and O–H groups in total. The van der Waals surface area contributed by atoms with Gasteiger partial charge in [-0.05, 0) is 55.0 Å². The molecule has 3 heterocycles. The molecule has 0 saturated heterocycles. The Kier molecular flexibility index (Phi) is 6.54. The predicted octanol–water partition coefficient (Wildman–Crippen LogP) is 3.94. The number of hydrogen-bond acceptors (Lipinski definition) is 6. The van der Waals surface area contributed by atoms with Crippen LogP contribution in [0.1, 0.15) is 53.8 Å². The second-order valence-electron chi connectivity index (χ2n) is 7.84. The summed E-state index contributed by atoms with van der Waals surface area (Å²) in [7, 11) is 0. The number of nitrogens with one attached hydrogen (secondary N) is 1. The van der Waals surface area contributed by atoms with Crippen molar-refractivity contribution in [3.63, 3.8) is 0 Å². The lowest BCUT2D eigenvalue weighted by Crippen LogP contribution is -2.14. The van der Waals surface area contributed by atoms with E-state index in [-0.39, 0.29) is 12.8 Å². The standard InChI is InChI=1S/C23H25FN4O3/c24-18-6-1-4-16(12-18)17(14-22(29)30)13-21-28-27-20(31-21)8-2-7-19-10-9-15-5-3-11-25-23(15)26-19/h1,4,6,9-10,12,17H,2-3,5,7-8,11,13-14H2,(H,25,26)(H,29,30). The summed E-state index contributed by atoms with van der Waals surface area (Å²) in [6.07, 6.45) is 4.55. The number of carboxylic acids is 1. The van der Waals surface area contributed by atoms with Crippen LogP contribution >= 0.6 is 0 Å². The number of carboxylic acid groups (broad SMARTS) is 1. The molecule has 8 heteroatoms. The molecule has 4 rings (SSSR count). The van der Waals surface area contributed by atoms with Crippen molar-refractivity contribution in [3.8, 4) is 0 Å². The first-order chi connectivity index (χ1) is 15.1. The maximum Gasteiger partial charge on any atom is 0.303 e. The van der Waals surface area contributed by atoms with E-state index in [9.17, 15) is 14.3 Å². The van der Waals surface area contributed by atoms with Crippen molar-refractivity contribution < 1.29 is 18.7 Å². The molecule has 0 bridgehead atoms. The number of aryl methyl sites for hydroxylation is 3. The van der Waals surface area contributed by atoms with Gasteiger partial charge in [0.25, 0.3) is 0 Å². The van der Waals surface area contributed by atoms with Crippen LogP contribution in [0.2, 0.25) is 0 Å². The van der Waals surface area contributed by atoms with Gasteiger partial charge in [-0.15, -0.1) is 10.2 Å². The number of nitrogens with zero attached hydrogens (tertiary/aromatic N) is 3. The molecular weight excluding hydrogens is 399 g/mol. The highest BCUT2D eigenvalue weighted by Crippen LogP contribution is 2.25. The number of halogens is 1. The molecule has 0 radical (unpaired) electrons. The Balaban J connectivity index is 1.34. The van der Waals surface area contributed by atoms with E-state index in [1.54, 1.807) is 12.1 Å². The minimum atomic E-state index is -0.957. The molecule has 1 unspecified atom stereocenters. The largest absolute Gasteiger partial charge is 0.481 e. The van der Waals surface area contributed by atoms with Crippen LogP contribution in [0, 0.1) is 5.82 Å². The van der Waals surface area contributed by atoms with E-state index < -0.39 is 17.7 Å². The molecule has 1 atom stereocenters. The molecule has 1 aromatic carbocycles. The van der Waals surface area contributed by atoms with Gasteiger partial charge in [0.1, 0.15) is 11.6 Å². The summed E-state index contributed by atoms with van der Waals surface area (Å²) < 4.78 is 19.3. The molecule has 0 saturated carbocycles. The Morgan fingerprint density at radius 3 is 2.90 bits per heavy atom. The molecule has 2 aromatic heterocycles. The minimum Gasteiger partial charge on any atom is -0.481 e. The molecule has 0 aliphatic carbocycles. The number of anilines is 1. The number of rotatable bonds is 9. The zero-order chi connectivity index (χ0) is 21.6. The van der Waals surface area contributed by atoms with Crippen LogP contribution in [0.15, 0.2) is 40.8 Å². The lowest BCUT2D eigenvalue weighted by atomic mass is 9.92. The van der Waals surface area contributed by atoms with Crippen LogP contribution in [0.3, 0.4) is 0 Å². The third-order valence-electron chi connectivity index (χ3n) is 5.45. The van der Waals surface area contributed by atoms with Crippen LogP contribution in [-0.4, -0.2) is 32.8 Å². The van der Waals surface area contributed by atoms with Gasteiger partial charge in [-0.2, -0.15) is 0 Å². The Morgan fingerprint density at radius 2 is 2.06 bits per heavy atom. The first kappa shape index (κ1) is 21.0. The molecule has 0 amide bonds. The van der Waals surface area contributed by atoms with Crippen LogP contribution < -0.4 is 5.32 Å². The molecule has 0 fully saturated rings. The third-order valence-corrected chi connectivity index (χ3v) is 5.45. The number of aromatic nitrogens is 3. The van der Waals surface area contributed by atoms with Crippen molar-refractivity contribution in [3.05, 3.63) is 70.8 Å². The summed E-state index contributed by atoms with van der Waals surface area (Å²) in [5, 5.41) is 20.7. The van der Waals surface area contributed by atoms with Crippen molar-refractivity contribution in [1.29, 1.82) is 0 Å². The molecule has 1 aliphatic rings. The van der Waals surface area contributed by atoms with Gasteiger partial charge in [0.2, 0.25) is 11.8 Å². The second kappa shape index (κ2) is 9.68. The first-order valence-electron chi connectivity index (χ1n) is 10.6. The number of carbonyl (C=O) groups is 1. The number of hydrogen-bond donors (Lipinski definition) is 2. The highest BCUT2D eigenvalue weighted by molar-refractivity contribution is 5.68. The summed E-state index contributed by atoms with van der Waals surface area (Å²) in [4.78, 5) is 16.0. The molecule has 3 aromatic rings. The van der Waals surface area contributed by atoms with Crippen molar-refractivity contribution in [2.45, 2.75) is 50.9 Å². The van der Waals surface area contributed by atoms with Gasteiger partial charge < -0.3 is 14.8 Å². The van der Waals surface area contributed by atoms with E-state index in [1.807, 2.05) is 0 Å². The fourth-order valence-corrected chi connectivity index (χ4v) is 3.89. The maximum atomic E-state index is 13.6. The van der Waals surface area contributed by atoms with Gasteiger partial charge in [0, 0.05) is 31.0 Å². The van der Waals surface area contributed by atoms with Crippen LogP contribution in [0.5, 0.6) is 0 Å². The summed E-state index contributed by atoms with van der Waals surface area (Å²) in [5.41, 5.74) is 2.90. The molecular formula is C23H25FN4O3. The lowest BCUT2D eigenvalue weighted by Gasteiger charge is -2.17.